The van der Waals surface area contributed by atoms with Crippen molar-refractivity contribution >= 4 is 5.91 Å². The van der Waals surface area contributed by atoms with Gasteiger partial charge in [-0.15, -0.1) is 0 Å². The average Bonchev–Trinajstić information content (AvgIpc) is 2.67. The van der Waals surface area contributed by atoms with Crippen molar-refractivity contribution in [3.63, 3.8) is 0 Å². The number of hydrogen-bond acceptors (Lipinski definition) is 3. The molecule has 0 atom stereocenters. The van der Waals surface area contributed by atoms with Gasteiger partial charge in [-0.05, 0) is 30.3 Å². The molecular weight excluding hydrogens is 447 g/mol. The minimum absolute atomic E-state index is 0.135. The molecule has 0 fully saturated rings. The molecule has 1 aromatic heterocycles. The fourth-order valence-electron chi connectivity index (χ4n) is 2.23. The van der Waals surface area contributed by atoms with E-state index in [9.17, 15) is 44.3 Å². The Morgan fingerprint density at radius 3 is 1.81 bits per heavy atom. The van der Waals surface area contributed by atoms with Crippen molar-refractivity contribution in [2.45, 2.75) is 23.9 Å². The molecule has 0 radical (unpaired) electrons. The number of pyridine rings is 1. The SMILES string of the molecule is CN(C)C(=O)c1ccc(Oc2ccc(C(F)(F)C(F)(F)C(F)(F)C(F)(F)F)cc2)nc1. The number of carbonyl (C=O) groups excluding carboxylic acids is 1. The van der Waals surface area contributed by atoms with Crippen molar-refractivity contribution in [3.05, 3.63) is 53.7 Å². The van der Waals surface area contributed by atoms with Crippen LogP contribution in [0.3, 0.4) is 0 Å². The number of rotatable bonds is 6. The molecule has 0 saturated carbocycles. The van der Waals surface area contributed by atoms with Crippen molar-refractivity contribution < 1.29 is 49.0 Å². The number of nitrogens with zero attached hydrogens (tertiary/aromatic N) is 2. The highest BCUT2D eigenvalue weighted by atomic mass is 19.4. The fraction of sp³-hybridized carbons (Fsp3) is 0.333. The Bertz CT molecular complexity index is 925. The Labute approximate surface area is 169 Å². The number of benzene rings is 1. The van der Waals surface area contributed by atoms with Crippen LogP contribution in [0.4, 0.5) is 39.5 Å². The minimum atomic E-state index is -6.98. The van der Waals surface area contributed by atoms with Gasteiger partial charge in [0.05, 0.1) is 5.56 Å². The highest BCUT2D eigenvalue weighted by Crippen LogP contribution is 2.56. The molecule has 4 nitrogen and oxygen atoms in total. The van der Waals surface area contributed by atoms with Crippen LogP contribution in [-0.4, -0.2) is 47.9 Å². The summed E-state index contributed by atoms with van der Waals surface area (Å²) in [6.45, 7) is 0. The maximum Gasteiger partial charge on any atom is 0.460 e. The van der Waals surface area contributed by atoms with Crippen LogP contribution >= 0.6 is 0 Å². The molecule has 2 rings (SSSR count). The Morgan fingerprint density at radius 2 is 1.39 bits per heavy atom. The molecule has 170 valence electrons. The summed E-state index contributed by atoms with van der Waals surface area (Å²) >= 11 is 0. The average molecular weight is 460 g/mol. The van der Waals surface area contributed by atoms with Gasteiger partial charge in [0.25, 0.3) is 5.91 Å². The monoisotopic (exact) mass is 460 g/mol. The number of carbonyl (C=O) groups is 1. The van der Waals surface area contributed by atoms with E-state index >= 15 is 0 Å². The van der Waals surface area contributed by atoms with Gasteiger partial charge in [-0.25, -0.2) is 4.98 Å². The van der Waals surface area contributed by atoms with E-state index in [1.165, 1.54) is 31.1 Å². The lowest BCUT2D eigenvalue weighted by molar-refractivity contribution is -0.399. The summed E-state index contributed by atoms with van der Waals surface area (Å²) in [6.07, 6.45) is -5.76. The Kier molecular flexibility index (Phi) is 6.21. The Balaban J connectivity index is 2.24. The minimum Gasteiger partial charge on any atom is -0.439 e. The second-order valence-corrected chi connectivity index (χ2v) is 6.43. The fourth-order valence-corrected chi connectivity index (χ4v) is 2.23. The summed E-state index contributed by atoms with van der Waals surface area (Å²) in [5.74, 6) is -20.3. The Morgan fingerprint density at radius 1 is 0.839 bits per heavy atom. The molecule has 0 saturated heterocycles. The van der Waals surface area contributed by atoms with Gasteiger partial charge < -0.3 is 9.64 Å². The van der Waals surface area contributed by atoms with Crippen LogP contribution in [0.15, 0.2) is 42.6 Å². The number of ether oxygens (including phenoxy) is 1. The Hall–Kier alpha value is -2.99. The molecule has 2 aromatic rings. The van der Waals surface area contributed by atoms with Gasteiger partial charge in [0, 0.05) is 31.9 Å². The molecule has 13 heteroatoms. The van der Waals surface area contributed by atoms with Crippen LogP contribution in [0.2, 0.25) is 0 Å². The van der Waals surface area contributed by atoms with Gasteiger partial charge in [-0.2, -0.15) is 39.5 Å². The summed E-state index contributed by atoms with van der Waals surface area (Å²) in [5.41, 5.74) is -1.59. The van der Waals surface area contributed by atoms with Gasteiger partial charge >= 0.3 is 23.9 Å². The second kappa shape index (κ2) is 7.93. The molecule has 1 heterocycles. The molecule has 0 N–H and O–H groups in total. The number of hydrogen-bond donors (Lipinski definition) is 0. The number of amides is 1. The summed E-state index contributed by atoms with van der Waals surface area (Å²) in [6, 6.07) is 4.32. The van der Waals surface area contributed by atoms with Gasteiger partial charge in [0.2, 0.25) is 5.88 Å². The highest BCUT2D eigenvalue weighted by Gasteiger charge is 2.82. The smallest absolute Gasteiger partial charge is 0.439 e. The lowest BCUT2D eigenvalue weighted by atomic mass is 9.97. The molecule has 0 aliphatic rings. The summed E-state index contributed by atoms with van der Waals surface area (Å²) < 4.78 is 122. The largest absolute Gasteiger partial charge is 0.460 e. The molecule has 0 bridgehead atoms. The van der Waals surface area contributed by atoms with Crippen LogP contribution in [0.1, 0.15) is 15.9 Å². The third-order valence-electron chi connectivity index (χ3n) is 3.97. The van der Waals surface area contributed by atoms with E-state index in [0.29, 0.717) is 12.1 Å². The molecule has 31 heavy (non-hydrogen) atoms. The standard InChI is InChI=1S/C18H13F9N2O2/c1-29(2)14(30)10-3-8-13(28-9-10)31-12-6-4-11(5-7-12)15(19,20)16(21,22)17(23,24)18(25,26)27/h3-9H,1-2H3. The molecule has 0 spiro atoms. The second-order valence-electron chi connectivity index (χ2n) is 6.43. The van der Waals surface area contributed by atoms with Crippen molar-refractivity contribution in [2.24, 2.45) is 0 Å². The zero-order valence-corrected chi connectivity index (χ0v) is 15.7. The first kappa shape index (κ1) is 24.3. The van der Waals surface area contributed by atoms with E-state index in [0.717, 1.165) is 6.20 Å². The van der Waals surface area contributed by atoms with Gasteiger partial charge in [0.1, 0.15) is 5.75 Å². The third kappa shape index (κ3) is 4.39. The van der Waals surface area contributed by atoms with E-state index < -0.39 is 29.5 Å². The zero-order chi connectivity index (χ0) is 23.8. The number of alkyl halides is 9. The van der Waals surface area contributed by atoms with Crippen molar-refractivity contribution in [1.29, 1.82) is 0 Å². The highest BCUT2D eigenvalue weighted by molar-refractivity contribution is 5.93. The van der Waals surface area contributed by atoms with Crippen LogP contribution in [0, 0.1) is 0 Å². The van der Waals surface area contributed by atoms with E-state index in [2.05, 4.69) is 4.98 Å². The van der Waals surface area contributed by atoms with Crippen molar-refractivity contribution in [2.75, 3.05) is 14.1 Å². The maximum absolute atomic E-state index is 13.9. The first-order valence-electron chi connectivity index (χ1n) is 8.18. The molecule has 0 unspecified atom stereocenters. The first-order chi connectivity index (χ1) is 14.0. The summed E-state index contributed by atoms with van der Waals surface area (Å²) in [5, 5.41) is 0. The predicted octanol–water partition coefficient (Wildman–Crippen LogP) is 5.50. The third-order valence-corrected chi connectivity index (χ3v) is 3.97. The van der Waals surface area contributed by atoms with Crippen LogP contribution in [-0.2, 0) is 5.92 Å². The molecule has 0 aliphatic heterocycles. The molecule has 0 aliphatic carbocycles. The van der Waals surface area contributed by atoms with Gasteiger partial charge in [-0.3, -0.25) is 4.79 Å². The number of halogens is 9. The van der Waals surface area contributed by atoms with Crippen LogP contribution < -0.4 is 4.74 Å². The number of aromatic nitrogens is 1. The normalized spacial score (nSPS) is 13.1. The van der Waals surface area contributed by atoms with Crippen molar-refractivity contribution in [3.8, 4) is 11.6 Å². The van der Waals surface area contributed by atoms with Gasteiger partial charge in [-0.1, -0.05) is 0 Å². The van der Waals surface area contributed by atoms with E-state index in [-0.39, 0.29) is 35.2 Å². The molecule has 1 amide bonds. The molecular formula is C18H13F9N2O2. The van der Waals surface area contributed by atoms with E-state index in [4.69, 9.17) is 4.74 Å². The van der Waals surface area contributed by atoms with E-state index in [1.54, 1.807) is 0 Å². The lowest BCUT2D eigenvalue weighted by Crippen LogP contribution is -2.59. The van der Waals surface area contributed by atoms with Crippen molar-refractivity contribution in [1.82, 2.24) is 9.88 Å². The van der Waals surface area contributed by atoms with Crippen LogP contribution in [0.25, 0.3) is 0 Å². The first-order valence-corrected chi connectivity index (χ1v) is 8.18. The summed E-state index contributed by atoms with van der Waals surface area (Å²) in [4.78, 5) is 16.8. The van der Waals surface area contributed by atoms with E-state index in [1.807, 2.05) is 0 Å². The molecule has 1 aromatic carbocycles. The topological polar surface area (TPSA) is 42.4 Å². The van der Waals surface area contributed by atoms with Gasteiger partial charge in [0.15, 0.2) is 0 Å². The lowest BCUT2D eigenvalue weighted by Gasteiger charge is -2.33. The zero-order valence-electron chi connectivity index (χ0n) is 15.7. The van der Waals surface area contributed by atoms with Crippen LogP contribution in [0.5, 0.6) is 11.6 Å². The maximum atomic E-state index is 13.9. The predicted molar refractivity (Wildman–Crippen MR) is 88.6 cm³/mol. The quantitative estimate of drug-likeness (QED) is 0.535. The summed E-state index contributed by atoms with van der Waals surface area (Å²) in [7, 11) is 3.00.